The van der Waals surface area contributed by atoms with E-state index in [0.29, 0.717) is 4.90 Å². The molecule has 0 aliphatic rings. The van der Waals surface area contributed by atoms with Crippen LogP contribution in [0.15, 0.2) is 50.9 Å². The third-order valence-electron chi connectivity index (χ3n) is 2.40. The normalized spacial score (nSPS) is 12.4. The monoisotopic (exact) mass is 326 g/mol. The molecule has 2 aromatic rings. The van der Waals surface area contributed by atoms with Gasteiger partial charge in [-0.1, -0.05) is 17.8 Å². The molecule has 1 atom stereocenters. The van der Waals surface area contributed by atoms with Crippen molar-refractivity contribution in [2.45, 2.75) is 22.9 Å². The first-order valence-electron chi connectivity index (χ1n) is 5.40. The fraction of sp³-hybridized carbons (Fsp3) is 0.154. The number of hydrogen-bond donors (Lipinski definition) is 1. The van der Waals surface area contributed by atoms with Gasteiger partial charge < -0.3 is 5.73 Å². The highest BCUT2D eigenvalue weighted by Gasteiger charge is 2.08. The second-order valence-corrected chi connectivity index (χ2v) is 5.87. The molecule has 2 N–H and O–H groups in total. The molecule has 0 aliphatic heterocycles. The number of nitrogens with zero attached hydrogens (tertiary/aromatic N) is 1. The molecule has 2 nitrogen and oxygen atoms in total. The van der Waals surface area contributed by atoms with E-state index in [2.05, 4.69) is 20.9 Å². The molecule has 0 amide bonds. The van der Waals surface area contributed by atoms with E-state index in [1.807, 2.05) is 25.1 Å². The van der Waals surface area contributed by atoms with E-state index in [-0.39, 0.29) is 11.9 Å². The van der Waals surface area contributed by atoms with Crippen molar-refractivity contribution in [2.24, 2.45) is 5.73 Å². The predicted molar refractivity (Wildman–Crippen MR) is 75.1 cm³/mol. The second kappa shape index (κ2) is 5.82. The average molecular weight is 327 g/mol. The van der Waals surface area contributed by atoms with Gasteiger partial charge in [-0.3, -0.25) is 0 Å². The van der Waals surface area contributed by atoms with E-state index in [9.17, 15) is 4.39 Å². The third-order valence-corrected chi connectivity index (χ3v) is 3.87. The number of benzene rings is 1. The molecular weight excluding hydrogens is 315 g/mol. The van der Waals surface area contributed by atoms with Gasteiger partial charge in [0.25, 0.3) is 0 Å². The van der Waals surface area contributed by atoms with Gasteiger partial charge >= 0.3 is 0 Å². The molecule has 1 aromatic heterocycles. The van der Waals surface area contributed by atoms with Crippen LogP contribution in [0, 0.1) is 5.82 Å². The Morgan fingerprint density at radius 1 is 1.33 bits per heavy atom. The molecule has 0 radical (unpaired) electrons. The van der Waals surface area contributed by atoms with Crippen LogP contribution < -0.4 is 5.73 Å². The first-order chi connectivity index (χ1) is 8.56. The van der Waals surface area contributed by atoms with Gasteiger partial charge in [0, 0.05) is 21.6 Å². The Balaban J connectivity index is 2.22. The number of aromatic nitrogens is 1. The highest BCUT2D eigenvalue weighted by molar-refractivity contribution is 9.10. The van der Waals surface area contributed by atoms with Gasteiger partial charge in [0.05, 0.1) is 0 Å². The van der Waals surface area contributed by atoms with Crippen LogP contribution in [-0.4, -0.2) is 4.98 Å². The minimum absolute atomic E-state index is 0.163. The molecule has 0 unspecified atom stereocenters. The third kappa shape index (κ3) is 3.31. The van der Waals surface area contributed by atoms with Crippen LogP contribution in [0.1, 0.15) is 18.5 Å². The Morgan fingerprint density at radius 3 is 2.67 bits per heavy atom. The zero-order valence-electron chi connectivity index (χ0n) is 9.73. The van der Waals surface area contributed by atoms with Crippen molar-refractivity contribution >= 4 is 27.7 Å². The van der Waals surface area contributed by atoms with Crippen molar-refractivity contribution in [3.05, 3.63) is 52.4 Å². The lowest BCUT2D eigenvalue weighted by molar-refractivity contribution is 0.596. The van der Waals surface area contributed by atoms with E-state index in [1.54, 1.807) is 12.3 Å². The summed E-state index contributed by atoms with van der Waals surface area (Å²) in [4.78, 5) is 4.75. The summed E-state index contributed by atoms with van der Waals surface area (Å²) in [5, 5.41) is 0.755. The number of rotatable bonds is 3. The standard InChI is InChI=1S/C13H12BrFN2S/c1-8(16)9-2-4-12(11(15)6-9)18-13-5-3-10(14)7-17-13/h2-8H,16H2,1H3/t8-/m0/s1. The Labute approximate surface area is 118 Å². The van der Waals surface area contributed by atoms with Crippen molar-refractivity contribution < 1.29 is 4.39 Å². The maximum atomic E-state index is 13.9. The van der Waals surface area contributed by atoms with Crippen LogP contribution >= 0.6 is 27.7 Å². The van der Waals surface area contributed by atoms with Crippen molar-refractivity contribution in [2.75, 3.05) is 0 Å². The molecule has 5 heteroatoms. The smallest absolute Gasteiger partial charge is 0.137 e. The van der Waals surface area contributed by atoms with Crippen molar-refractivity contribution in [1.82, 2.24) is 4.98 Å². The molecule has 0 fully saturated rings. The van der Waals surface area contributed by atoms with Gasteiger partial charge in [0.1, 0.15) is 10.8 Å². The molecule has 0 saturated carbocycles. The lowest BCUT2D eigenvalue weighted by Crippen LogP contribution is -2.05. The fourth-order valence-corrected chi connectivity index (χ4v) is 2.41. The molecular formula is C13H12BrFN2S. The molecule has 94 valence electrons. The van der Waals surface area contributed by atoms with Crippen molar-refractivity contribution in [1.29, 1.82) is 0 Å². The maximum absolute atomic E-state index is 13.9. The Hall–Kier alpha value is -0.910. The van der Waals surface area contributed by atoms with E-state index in [1.165, 1.54) is 17.8 Å². The van der Waals surface area contributed by atoms with E-state index in [4.69, 9.17) is 5.73 Å². The number of hydrogen-bond acceptors (Lipinski definition) is 3. The first kappa shape index (κ1) is 13.5. The molecule has 0 bridgehead atoms. The van der Waals surface area contributed by atoms with Gasteiger partial charge in [-0.15, -0.1) is 0 Å². The summed E-state index contributed by atoms with van der Waals surface area (Å²) >= 11 is 4.61. The summed E-state index contributed by atoms with van der Waals surface area (Å²) < 4.78 is 14.8. The van der Waals surface area contributed by atoms with Gasteiger partial charge in [-0.25, -0.2) is 9.37 Å². The van der Waals surface area contributed by atoms with Crippen LogP contribution in [0.25, 0.3) is 0 Å². The minimum atomic E-state index is -0.264. The quantitative estimate of drug-likeness (QED) is 0.920. The molecule has 0 aliphatic carbocycles. The largest absolute Gasteiger partial charge is 0.324 e. The SMILES string of the molecule is C[C@H](N)c1ccc(Sc2ccc(Br)cn2)c(F)c1. The van der Waals surface area contributed by atoms with Gasteiger partial charge in [-0.2, -0.15) is 0 Å². The van der Waals surface area contributed by atoms with Gasteiger partial charge in [0.2, 0.25) is 0 Å². The van der Waals surface area contributed by atoms with Gasteiger partial charge in [0.15, 0.2) is 0 Å². The zero-order valence-corrected chi connectivity index (χ0v) is 12.1. The summed E-state index contributed by atoms with van der Waals surface area (Å²) in [6.07, 6.45) is 1.69. The molecule has 1 heterocycles. The second-order valence-electron chi connectivity index (χ2n) is 3.90. The Kier molecular flexibility index (Phi) is 4.37. The summed E-state index contributed by atoms with van der Waals surface area (Å²) in [5.41, 5.74) is 6.50. The lowest BCUT2D eigenvalue weighted by Gasteiger charge is -2.08. The summed E-state index contributed by atoms with van der Waals surface area (Å²) in [5.74, 6) is -0.264. The minimum Gasteiger partial charge on any atom is -0.324 e. The number of pyridine rings is 1. The fourth-order valence-electron chi connectivity index (χ4n) is 1.42. The van der Waals surface area contributed by atoms with Crippen LogP contribution in [0.3, 0.4) is 0 Å². The molecule has 1 aromatic carbocycles. The zero-order chi connectivity index (χ0) is 13.1. The van der Waals surface area contributed by atoms with Crippen molar-refractivity contribution in [3.63, 3.8) is 0 Å². The van der Waals surface area contributed by atoms with Crippen molar-refractivity contribution in [3.8, 4) is 0 Å². The van der Waals surface area contributed by atoms with Gasteiger partial charge in [-0.05, 0) is 52.7 Å². The summed E-state index contributed by atoms with van der Waals surface area (Å²) in [7, 11) is 0. The predicted octanol–water partition coefficient (Wildman–Crippen LogP) is 4.15. The Morgan fingerprint density at radius 2 is 2.11 bits per heavy atom. The van der Waals surface area contributed by atoms with E-state index >= 15 is 0 Å². The van der Waals surface area contributed by atoms with Crippen LogP contribution in [0.2, 0.25) is 0 Å². The highest BCUT2D eigenvalue weighted by atomic mass is 79.9. The first-order valence-corrected chi connectivity index (χ1v) is 7.01. The number of nitrogens with two attached hydrogens (primary N) is 1. The molecule has 2 rings (SSSR count). The van der Waals surface area contributed by atoms with E-state index < -0.39 is 0 Å². The molecule has 18 heavy (non-hydrogen) atoms. The van der Waals surface area contributed by atoms with E-state index in [0.717, 1.165) is 15.1 Å². The number of halogens is 2. The molecule has 0 spiro atoms. The molecule has 0 saturated heterocycles. The summed E-state index contributed by atoms with van der Waals surface area (Å²) in [6.45, 7) is 1.83. The van der Waals surface area contributed by atoms with Crippen LogP contribution in [0.5, 0.6) is 0 Å². The summed E-state index contributed by atoms with van der Waals surface area (Å²) in [6, 6.07) is 8.62. The lowest BCUT2D eigenvalue weighted by atomic mass is 10.1. The maximum Gasteiger partial charge on any atom is 0.137 e. The highest BCUT2D eigenvalue weighted by Crippen LogP contribution is 2.30. The van der Waals surface area contributed by atoms with Crippen LogP contribution in [-0.2, 0) is 0 Å². The van der Waals surface area contributed by atoms with Crippen LogP contribution in [0.4, 0.5) is 4.39 Å². The average Bonchev–Trinajstić information content (AvgIpc) is 2.34. The topological polar surface area (TPSA) is 38.9 Å². The Bertz CT molecular complexity index is 543.